The smallest absolute Gasteiger partial charge is 0.123 e. The molecule has 2 heteroatoms. The van der Waals surface area contributed by atoms with E-state index in [1.54, 1.807) is 0 Å². The van der Waals surface area contributed by atoms with Crippen molar-refractivity contribution in [2.24, 2.45) is 5.92 Å². The monoisotopic (exact) mass is 206 g/mol. The van der Waals surface area contributed by atoms with Crippen LogP contribution < -0.4 is 0 Å². The van der Waals surface area contributed by atoms with Crippen LogP contribution in [0.15, 0.2) is 16.5 Å². The largest absolute Gasteiger partial charge is 0.466 e. The molecule has 1 aromatic rings. The number of hydrogen-bond acceptors (Lipinski definition) is 2. The Morgan fingerprint density at radius 3 is 2.60 bits per heavy atom. The highest BCUT2D eigenvalue weighted by Crippen LogP contribution is 2.35. The number of carbonyl (C=O) groups excluding carboxylic acids is 1. The van der Waals surface area contributed by atoms with E-state index in [9.17, 15) is 4.79 Å². The Kier molecular flexibility index (Phi) is 3.24. The lowest BCUT2D eigenvalue weighted by Gasteiger charge is -2.23. The Labute approximate surface area is 90.7 Å². The Bertz CT molecular complexity index is 319. The average Bonchev–Trinajstić information content (AvgIpc) is 2.78. The Hall–Kier alpha value is -1.05. The van der Waals surface area contributed by atoms with Crippen LogP contribution >= 0.6 is 0 Å². The summed E-state index contributed by atoms with van der Waals surface area (Å²) >= 11 is 0. The molecule has 1 heterocycles. The van der Waals surface area contributed by atoms with Crippen LogP contribution in [0.1, 0.15) is 50.0 Å². The maximum atomic E-state index is 10.6. The molecule has 15 heavy (non-hydrogen) atoms. The summed E-state index contributed by atoms with van der Waals surface area (Å²) in [5, 5.41) is 0. The van der Waals surface area contributed by atoms with Crippen LogP contribution in [0.2, 0.25) is 0 Å². The van der Waals surface area contributed by atoms with E-state index >= 15 is 0 Å². The number of aldehydes is 1. The molecule has 1 aliphatic carbocycles. The number of aryl methyl sites for hydroxylation is 1. The number of furan rings is 1. The molecule has 0 N–H and O–H groups in total. The third kappa shape index (κ3) is 2.31. The molecule has 1 aliphatic rings. The van der Waals surface area contributed by atoms with Gasteiger partial charge in [0.2, 0.25) is 0 Å². The van der Waals surface area contributed by atoms with Crippen molar-refractivity contribution in [3.63, 3.8) is 0 Å². The average molecular weight is 206 g/mol. The van der Waals surface area contributed by atoms with Gasteiger partial charge in [0.15, 0.2) is 0 Å². The molecule has 0 spiro atoms. The summed E-state index contributed by atoms with van der Waals surface area (Å²) in [5.74, 6) is 3.03. The predicted molar refractivity (Wildman–Crippen MR) is 58.8 cm³/mol. The van der Waals surface area contributed by atoms with Crippen molar-refractivity contribution >= 4 is 6.29 Å². The molecule has 0 aliphatic heterocycles. The number of rotatable bonds is 3. The van der Waals surface area contributed by atoms with Crippen LogP contribution in [0, 0.1) is 5.92 Å². The molecule has 82 valence electrons. The molecule has 0 saturated heterocycles. The fraction of sp³-hybridized carbons (Fsp3) is 0.615. The van der Waals surface area contributed by atoms with E-state index in [1.165, 1.54) is 0 Å². The Balaban J connectivity index is 1.97. The summed E-state index contributed by atoms with van der Waals surface area (Å²) in [4.78, 5) is 10.6. The molecule has 2 rings (SSSR count). The molecule has 1 fully saturated rings. The zero-order chi connectivity index (χ0) is 10.7. The summed E-state index contributed by atoms with van der Waals surface area (Å²) in [5.41, 5.74) is 0. The van der Waals surface area contributed by atoms with Crippen molar-refractivity contribution in [3.05, 3.63) is 23.7 Å². The molecular weight excluding hydrogens is 188 g/mol. The van der Waals surface area contributed by atoms with Gasteiger partial charge in [0, 0.05) is 18.3 Å². The zero-order valence-corrected chi connectivity index (χ0v) is 9.24. The van der Waals surface area contributed by atoms with Crippen LogP contribution in [0.25, 0.3) is 0 Å². The van der Waals surface area contributed by atoms with Crippen LogP contribution in [-0.4, -0.2) is 6.29 Å². The van der Waals surface area contributed by atoms with Crippen LogP contribution in [0.4, 0.5) is 0 Å². The zero-order valence-electron chi connectivity index (χ0n) is 9.24. The van der Waals surface area contributed by atoms with E-state index in [0.29, 0.717) is 11.8 Å². The lowest BCUT2D eigenvalue weighted by molar-refractivity contribution is -0.112. The summed E-state index contributed by atoms with van der Waals surface area (Å²) in [6.45, 7) is 2.10. The second-order valence-electron chi connectivity index (χ2n) is 4.41. The Morgan fingerprint density at radius 1 is 1.33 bits per heavy atom. The van der Waals surface area contributed by atoms with Gasteiger partial charge in [0.1, 0.15) is 17.8 Å². The fourth-order valence-electron chi connectivity index (χ4n) is 2.34. The van der Waals surface area contributed by atoms with Gasteiger partial charge in [0.25, 0.3) is 0 Å². The van der Waals surface area contributed by atoms with Gasteiger partial charge in [0.05, 0.1) is 0 Å². The summed E-state index contributed by atoms with van der Waals surface area (Å²) in [6, 6.07) is 4.17. The molecule has 2 nitrogen and oxygen atoms in total. The van der Waals surface area contributed by atoms with E-state index in [-0.39, 0.29) is 0 Å². The van der Waals surface area contributed by atoms with Gasteiger partial charge in [-0.15, -0.1) is 0 Å². The quantitative estimate of drug-likeness (QED) is 0.710. The second-order valence-corrected chi connectivity index (χ2v) is 4.41. The predicted octanol–water partition coefficient (Wildman–Crippen LogP) is 3.31. The SMILES string of the molecule is CCc1ccc(C2CCC(C=O)CC2)o1. The van der Waals surface area contributed by atoms with Gasteiger partial charge in [-0.05, 0) is 37.8 Å². The minimum atomic E-state index is 0.293. The van der Waals surface area contributed by atoms with Gasteiger partial charge in [-0.3, -0.25) is 0 Å². The van der Waals surface area contributed by atoms with Crippen LogP contribution in [-0.2, 0) is 11.2 Å². The third-order valence-electron chi connectivity index (χ3n) is 3.40. The van der Waals surface area contributed by atoms with Crippen molar-refractivity contribution < 1.29 is 9.21 Å². The van der Waals surface area contributed by atoms with E-state index in [2.05, 4.69) is 19.1 Å². The lowest BCUT2D eigenvalue weighted by atomic mass is 9.82. The van der Waals surface area contributed by atoms with Gasteiger partial charge < -0.3 is 9.21 Å². The number of hydrogen-bond donors (Lipinski definition) is 0. The fourth-order valence-corrected chi connectivity index (χ4v) is 2.34. The first-order chi connectivity index (χ1) is 7.33. The summed E-state index contributed by atoms with van der Waals surface area (Å²) in [6.07, 6.45) is 6.31. The molecule has 0 aromatic carbocycles. The molecule has 0 unspecified atom stereocenters. The second kappa shape index (κ2) is 4.65. The van der Waals surface area contributed by atoms with Crippen LogP contribution in [0.5, 0.6) is 0 Å². The first-order valence-electron chi connectivity index (χ1n) is 5.87. The summed E-state index contributed by atoms with van der Waals surface area (Å²) in [7, 11) is 0. The topological polar surface area (TPSA) is 30.2 Å². The first-order valence-corrected chi connectivity index (χ1v) is 5.87. The minimum Gasteiger partial charge on any atom is -0.466 e. The van der Waals surface area contributed by atoms with E-state index < -0.39 is 0 Å². The van der Waals surface area contributed by atoms with Gasteiger partial charge in [-0.2, -0.15) is 0 Å². The van der Waals surface area contributed by atoms with Crippen molar-refractivity contribution in [1.82, 2.24) is 0 Å². The van der Waals surface area contributed by atoms with E-state index in [0.717, 1.165) is 49.9 Å². The van der Waals surface area contributed by atoms with E-state index in [1.807, 2.05) is 0 Å². The molecular formula is C13H18O2. The van der Waals surface area contributed by atoms with Crippen LogP contribution in [0.3, 0.4) is 0 Å². The lowest BCUT2D eigenvalue weighted by Crippen LogP contribution is -2.13. The third-order valence-corrected chi connectivity index (χ3v) is 3.40. The molecule has 0 bridgehead atoms. The van der Waals surface area contributed by atoms with Gasteiger partial charge in [-0.1, -0.05) is 6.92 Å². The number of carbonyl (C=O) groups is 1. The first kappa shape index (κ1) is 10.5. The molecule has 1 aromatic heterocycles. The summed E-state index contributed by atoms with van der Waals surface area (Å²) < 4.78 is 5.75. The van der Waals surface area contributed by atoms with Gasteiger partial charge in [-0.25, -0.2) is 0 Å². The van der Waals surface area contributed by atoms with Crippen molar-refractivity contribution in [2.75, 3.05) is 0 Å². The van der Waals surface area contributed by atoms with E-state index in [4.69, 9.17) is 4.42 Å². The normalized spacial score (nSPS) is 26.5. The van der Waals surface area contributed by atoms with Crippen molar-refractivity contribution in [2.45, 2.75) is 44.9 Å². The minimum absolute atomic E-state index is 0.293. The van der Waals surface area contributed by atoms with Gasteiger partial charge >= 0.3 is 0 Å². The molecule has 0 amide bonds. The van der Waals surface area contributed by atoms with Crippen molar-refractivity contribution in [3.8, 4) is 0 Å². The van der Waals surface area contributed by atoms with Crippen molar-refractivity contribution in [1.29, 1.82) is 0 Å². The Morgan fingerprint density at radius 2 is 2.07 bits per heavy atom. The highest BCUT2D eigenvalue weighted by atomic mass is 16.3. The molecule has 0 radical (unpaired) electrons. The highest BCUT2D eigenvalue weighted by Gasteiger charge is 2.23. The standard InChI is InChI=1S/C13H18O2/c1-2-12-7-8-13(15-12)11-5-3-10(9-14)4-6-11/h7-11H,2-6H2,1H3. The molecule has 1 saturated carbocycles. The maximum Gasteiger partial charge on any atom is 0.123 e. The highest BCUT2D eigenvalue weighted by molar-refractivity contribution is 5.53. The molecule has 0 atom stereocenters. The maximum absolute atomic E-state index is 10.6.